The minimum absolute atomic E-state index is 0.224. The molecule has 0 saturated heterocycles. The molecule has 0 aromatic heterocycles. The van der Waals surface area contributed by atoms with Crippen molar-refractivity contribution < 1.29 is 5.11 Å². The molecule has 0 bridgehead atoms. The smallest absolute Gasteiger partial charge is 0.0664 e. The molecule has 0 aromatic rings. The lowest BCUT2D eigenvalue weighted by atomic mass is 10.2. The van der Waals surface area contributed by atoms with Gasteiger partial charge in [-0.05, 0) is 40.4 Å². The van der Waals surface area contributed by atoms with Crippen LogP contribution in [0.15, 0.2) is 0 Å². The molecule has 0 spiro atoms. The molecule has 0 aliphatic carbocycles. The van der Waals surface area contributed by atoms with Gasteiger partial charge in [0.1, 0.15) is 0 Å². The number of nitrogens with two attached hydrogens (primary N) is 1. The molecule has 11 heavy (non-hydrogen) atoms. The summed E-state index contributed by atoms with van der Waals surface area (Å²) in [6.45, 7) is 5.50. The number of aliphatic hydroxyl groups excluding tert-OH is 1. The van der Waals surface area contributed by atoms with E-state index < -0.39 is 0 Å². The van der Waals surface area contributed by atoms with Crippen LogP contribution in [0.1, 0.15) is 20.3 Å². The summed E-state index contributed by atoms with van der Waals surface area (Å²) < 4.78 is 0. The van der Waals surface area contributed by atoms with E-state index in [1.807, 2.05) is 20.9 Å². The summed E-state index contributed by atoms with van der Waals surface area (Å²) in [5, 5.41) is 9.22. The summed E-state index contributed by atoms with van der Waals surface area (Å²) in [7, 11) is 2.01. The normalized spacial score (nSPS) is 16.9. The van der Waals surface area contributed by atoms with Crippen molar-refractivity contribution in [1.29, 1.82) is 0 Å². The van der Waals surface area contributed by atoms with E-state index >= 15 is 0 Å². The predicted octanol–water partition coefficient (Wildman–Crippen LogP) is 0.0363. The lowest BCUT2D eigenvalue weighted by Gasteiger charge is -2.26. The van der Waals surface area contributed by atoms with Gasteiger partial charge in [-0.25, -0.2) is 0 Å². The third kappa shape index (κ3) is 4.35. The number of rotatable bonds is 5. The van der Waals surface area contributed by atoms with Crippen LogP contribution in [0.25, 0.3) is 0 Å². The zero-order chi connectivity index (χ0) is 8.85. The van der Waals surface area contributed by atoms with Gasteiger partial charge >= 0.3 is 0 Å². The monoisotopic (exact) mass is 160 g/mol. The molecule has 0 radical (unpaired) electrons. The Morgan fingerprint density at radius 2 is 2.00 bits per heavy atom. The Bertz CT molecular complexity index is 96.1. The number of aliphatic hydroxyl groups is 1. The third-order valence-electron chi connectivity index (χ3n) is 2.11. The summed E-state index contributed by atoms with van der Waals surface area (Å²) in [5.74, 6) is 0. The molecule has 68 valence electrons. The van der Waals surface area contributed by atoms with Crippen molar-refractivity contribution in [2.75, 3.05) is 20.1 Å². The fraction of sp³-hybridized carbons (Fsp3) is 1.00. The lowest BCUT2D eigenvalue weighted by Crippen LogP contribution is -2.38. The number of hydrogen-bond acceptors (Lipinski definition) is 3. The van der Waals surface area contributed by atoms with Gasteiger partial charge < -0.3 is 15.7 Å². The molecule has 2 unspecified atom stereocenters. The maximum absolute atomic E-state index is 9.22. The first-order valence-corrected chi connectivity index (χ1v) is 4.18. The van der Waals surface area contributed by atoms with Crippen molar-refractivity contribution in [3.05, 3.63) is 0 Å². The van der Waals surface area contributed by atoms with Crippen molar-refractivity contribution in [2.45, 2.75) is 32.4 Å². The fourth-order valence-corrected chi connectivity index (χ4v) is 0.913. The standard InChI is InChI=1S/C8H20N2O/c1-7(8(2)11)10(3)6-4-5-9/h7-8,11H,4-6,9H2,1-3H3. The van der Waals surface area contributed by atoms with E-state index in [1.165, 1.54) is 0 Å². The molecule has 3 heteroatoms. The van der Waals surface area contributed by atoms with Crippen molar-refractivity contribution >= 4 is 0 Å². The average Bonchev–Trinajstić information content (AvgIpc) is 1.98. The molecule has 0 heterocycles. The van der Waals surface area contributed by atoms with Crippen LogP contribution >= 0.6 is 0 Å². The zero-order valence-electron chi connectivity index (χ0n) is 7.75. The molecule has 2 atom stereocenters. The van der Waals surface area contributed by atoms with E-state index in [1.54, 1.807) is 0 Å². The molecule has 0 aromatic carbocycles. The molecule has 3 nitrogen and oxygen atoms in total. The first-order valence-electron chi connectivity index (χ1n) is 4.18. The fourth-order valence-electron chi connectivity index (χ4n) is 0.913. The van der Waals surface area contributed by atoms with Crippen LogP contribution in [0.5, 0.6) is 0 Å². The van der Waals surface area contributed by atoms with Crippen LogP contribution in [0.3, 0.4) is 0 Å². The highest BCUT2D eigenvalue weighted by Gasteiger charge is 2.12. The van der Waals surface area contributed by atoms with Crippen LogP contribution in [-0.2, 0) is 0 Å². The van der Waals surface area contributed by atoms with Crippen LogP contribution in [0.4, 0.5) is 0 Å². The van der Waals surface area contributed by atoms with Crippen molar-refractivity contribution in [1.82, 2.24) is 4.90 Å². The van der Waals surface area contributed by atoms with Gasteiger partial charge in [0.15, 0.2) is 0 Å². The van der Waals surface area contributed by atoms with Crippen LogP contribution in [-0.4, -0.2) is 42.3 Å². The van der Waals surface area contributed by atoms with Gasteiger partial charge in [-0.2, -0.15) is 0 Å². The van der Waals surface area contributed by atoms with E-state index in [4.69, 9.17) is 5.73 Å². The van der Waals surface area contributed by atoms with Gasteiger partial charge in [0.05, 0.1) is 6.10 Å². The number of hydrogen-bond donors (Lipinski definition) is 2. The quantitative estimate of drug-likeness (QED) is 0.597. The highest BCUT2D eigenvalue weighted by molar-refractivity contribution is 4.68. The number of nitrogens with zero attached hydrogens (tertiary/aromatic N) is 1. The van der Waals surface area contributed by atoms with Crippen molar-refractivity contribution in [3.63, 3.8) is 0 Å². The molecule has 3 N–H and O–H groups in total. The summed E-state index contributed by atoms with van der Waals surface area (Å²) in [5.41, 5.74) is 5.36. The minimum Gasteiger partial charge on any atom is -0.392 e. The SMILES string of the molecule is CC(O)C(C)N(C)CCCN. The Morgan fingerprint density at radius 1 is 1.45 bits per heavy atom. The largest absolute Gasteiger partial charge is 0.392 e. The molecule has 0 amide bonds. The second-order valence-electron chi connectivity index (χ2n) is 3.10. The Morgan fingerprint density at radius 3 is 2.36 bits per heavy atom. The van der Waals surface area contributed by atoms with Gasteiger partial charge in [-0.1, -0.05) is 0 Å². The van der Waals surface area contributed by atoms with E-state index in [-0.39, 0.29) is 12.1 Å². The van der Waals surface area contributed by atoms with Gasteiger partial charge in [-0.3, -0.25) is 0 Å². The molecule has 0 fully saturated rings. The Hall–Kier alpha value is -0.120. The van der Waals surface area contributed by atoms with Crippen LogP contribution < -0.4 is 5.73 Å². The van der Waals surface area contributed by atoms with Crippen molar-refractivity contribution in [2.24, 2.45) is 5.73 Å². The molecule has 0 aliphatic rings. The van der Waals surface area contributed by atoms with Gasteiger partial charge in [0.2, 0.25) is 0 Å². The lowest BCUT2D eigenvalue weighted by molar-refractivity contribution is 0.0864. The minimum atomic E-state index is -0.266. The molecular weight excluding hydrogens is 140 g/mol. The van der Waals surface area contributed by atoms with E-state index in [0.717, 1.165) is 19.5 Å². The van der Waals surface area contributed by atoms with Crippen molar-refractivity contribution in [3.8, 4) is 0 Å². The Kier molecular flexibility index (Phi) is 5.46. The third-order valence-corrected chi connectivity index (χ3v) is 2.11. The summed E-state index contributed by atoms with van der Waals surface area (Å²) in [4.78, 5) is 2.12. The van der Waals surface area contributed by atoms with E-state index in [9.17, 15) is 5.11 Å². The van der Waals surface area contributed by atoms with E-state index in [2.05, 4.69) is 4.90 Å². The van der Waals surface area contributed by atoms with E-state index in [0.29, 0.717) is 0 Å². The van der Waals surface area contributed by atoms with Crippen LogP contribution in [0, 0.1) is 0 Å². The molecule has 0 rings (SSSR count). The maximum Gasteiger partial charge on any atom is 0.0664 e. The Labute approximate surface area is 69.2 Å². The highest BCUT2D eigenvalue weighted by atomic mass is 16.3. The average molecular weight is 160 g/mol. The van der Waals surface area contributed by atoms with Gasteiger partial charge in [0, 0.05) is 6.04 Å². The Balaban J connectivity index is 3.55. The molecule has 0 saturated carbocycles. The molecule has 0 aliphatic heterocycles. The summed E-state index contributed by atoms with van der Waals surface area (Å²) in [6.07, 6.45) is 0.728. The first-order chi connectivity index (χ1) is 5.09. The van der Waals surface area contributed by atoms with Crippen LogP contribution in [0.2, 0.25) is 0 Å². The second-order valence-corrected chi connectivity index (χ2v) is 3.10. The summed E-state index contributed by atoms with van der Waals surface area (Å²) >= 11 is 0. The predicted molar refractivity (Wildman–Crippen MR) is 47.4 cm³/mol. The number of likely N-dealkylation sites (N-methyl/N-ethyl adjacent to an activating group) is 1. The second kappa shape index (κ2) is 5.52. The highest BCUT2D eigenvalue weighted by Crippen LogP contribution is 2.01. The van der Waals surface area contributed by atoms with Gasteiger partial charge in [-0.15, -0.1) is 0 Å². The molecular formula is C8H20N2O. The summed E-state index contributed by atoms with van der Waals surface area (Å²) in [6, 6.07) is 0.224. The van der Waals surface area contributed by atoms with Gasteiger partial charge in [0.25, 0.3) is 0 Å². The zero-order valence-corrected chi connectivity index (χ0v) is 7.75. The first kappa shape index (κ1) is 10.9. The maximum atomic E-state index is 9.22. The topological polar surface area (TPSA) is 49.5 Å².